The Morgan fingerprint density at radius 1 is 1.00 bits per heavy atom. The Labute approximate surface area is 215 Å². The second-order valence-corrected chi connectivity index (χ2v) is 9.00. The Hall–Kier alpha value is -3.76. The summed E-state index contributed by atoms with van der Waals surface area (Å²) in [6.07, 6.45) is 4.88. The molecule has 1 saturated carbocycles. The van der Waals surface area contributed by atoms with E-state index >= 15 is 0 Å². The first-order chi connectivity index (χ1) is 17.6. The second-order valence-electron chi connectivity index (χ2n) is 9.00. The number of halogens is 1. The minimum atomic E-state index is -0.484. The predicted octanol–water partition coefficient (Wildman–Crippen LogP) is 5.96. The van der Waals surface area contributed by atoms with Gasteiger partial charge in [0.25, 0.3) is 0 Å². The van der Waals surface area contributed by atoms with E-state index < -0.39 is 5.79 Å². The summed E-state index contributed by atoms with van der Waals surface area (Å²) in [7, 11) is 1.63. The molecule has 2 N–H and O–H groups in total. The number of nitrogens with zero attached hydrogens (tertiary/aromatic N) is 4. The zero-order valence-corrected chi connectivity index (χ0v) is 19.9. The first-order valence-electron chi connectivity index (χ1n) is 12.1. The van der Waals surface area contributed by atoms with Gasteiger partial charge in [0.2, 0.25) is 11.9 Å². The van der Waals surface area contributed by atoms with Gasteiger partial charge in [0, 0.05) is 24.6 Å². The van der Waals surface area contributed by atoms with Crippen molar-refractivity contribution in [1.82, 2.24) is 19.5 Å². The number of aromatic nitrogens is 4. The summed E-state index contributed by atoms with van der Waals surface area (Å²) in [6, 6.07) is 14.2. The quantitative estimate of drug-likeness (QED) is 0.331. The van der Waals surface area contributed by atoms with E-state index in [2.05, 4.69) is 20.2 Å². The molecule has 6 rings (SSSR count). The number of para-hydroxylation sites is 1. The summed E-state index contributed by atoms with van der Waals surface area (Å²) in [5.74, 6) is 0.909. The summed E-state index contributed by atoms with van der Waals surface area (Å²) < 4.78 is 33.6. The predicted molar refractivity (Wildman–Crippen MR) is 140 cm³/mol. The van der Waals surface area contributed by atoms with Gasteiger partial charge >= 0.3 is 0 Å². The lowest BCUT2D eigenvalue weighted by molar-refractivity contribution is -0.181. The number of benzene rings is 2. The molecular weight excluding hydrogens is 475 g/mol. The van der Waals surface area contributed by atoms with E-state index in [4.69, 9.17) is 24.2 Å². The molecule has 1 aliphatic heterocycles. The van der Waals surface area contributed by atoms with E-state index in [-0.39, 0.29) is 19.3 Å². The molecule has 1 aliphatic carbocycles. The summed E-state index contributed by atoms with van der Waals surface area (Å²) in [5, 5.41) is 6.43. The lowest BCUT2D eigenvalue weighted by atomic mass is 9.90. The fraction of sp³-hybridized carbons (Fsp3) is 0.370. The SMILES string of the molecule is C.COc1ccc(Nc2ncc3nc(Nc4ccccc4F)n(C4CCC5(CC4)OCCO5)c3n2)cc1. The van der Waals surface area contributed by atoms with Gasteiger partial charge in [-0.3, -0.25) is 4.57 Å². The second kappa shape index (κ2) is 10.3. The van der Waals surface area contributed by atoms with Crippen LogP contribution in [0.2, 0.25) is 0 Å². The first-order valence-corrected chi connectivity index (χ1v) is 12.1. The smallest absolute Gasteiger partial charge is 0.229 e. The van der Waals surface area contributed by atoms with Gasteiger partial charge in [-0.05, 0) is 49.2 Å². The normalized spacial score (nSPS) is 17.0. The summed E-state index contributed by atoms with van der Waals surface area (Å²) >= 11 is 0. The van der Waals surface area contributed by atoms with Crippen molar-refractivity contribution in [1.29, 1.82) is 0 Å². The highest BCUT2D eigenvalue weighted by Gasteiger charge is 2.41. The van der Waals surface area contributed by atoms with Crippen molar-refractivity contribution in [3.8, 4) is 5.75 Å². The van der Waals surface area contributed by atoms with Crippen LogP contribution < -0.4 is 15.4 Å². The molecular formula is C27H31FN6O3. The van der Waals surface area contributed by atoms with Crippen molar-refractivity contribution < 1.29 is 18.6 Å². The van der Waals surface area contributed by atoms with Gasteiger partial charge in [-0.2, -0.15) is 4.98 Å². The molecule has 37 heavy (non-hydrogen) atoms. The molecule has 9 nitrogen and oxygen atoms in total. The van der Waals surface area contributed by atoms with Crippen LogP contribution in [0.15, 0.2) is 54.7 Å². The summed E-state index contributed by atoms with van der Waals surface area (Å²) in [5.41, 5.74) is 2.49. The van der Waals surface area contributed by atoms with Crippen LogP contribution in [0.25, 0.3) is 11.2 Å². The number of anilines is 4. The average Bonchev–Trinajstić information content (AvgIpc) is 3.51. The maximum Gasteiger partial charge on any atom is 0.229 e. The lowest BCUT2D eigenvalue weighted by Gasteiger charge is -2.36. The van der Waals surface area contributed by atoms with E-state index in [0.717, 1.165) is 37.1 Å². The third kappa shape index (κ3) is 4.94. The molecule has 4 aromatic rings. The fourth-order valence-electron chi connectivity index (χ4n) is 4.96. The standard InChI is InChI=1S/C26H27FN6O3.CH4/c1-34-19-8-6-17(7-9-19)29-24-28-16-22-23(32-24)33(18-10-12-26(13-11-18)35-14-15-36-26)25(31-22)30-21-5-3-2-4-20(21)27;/h2-9,16,18H,10-15H2,1H3,(H,30,31)(H,28,29,32);1H4. The molecule has 2 fully saturated rings. The Kier molecular flexibility index (Phi) is 6.94. The van der Waals surface area contributed by atoms with Crippen LogP contribution in [0, 0.1) is 5.82 Å². The Morgan fingerprint density at radius 2 is 1.73 bits per heavy atom. The summed E-state index contributed by atoms with van der Waals surface area (Å²) in [4.78, 5) is 14.0. The van der Waals surface area contributed by atoms with Gasteiger partial charge in [-0.25, -0.2) is 14.4 Å². The lowest BCUT2D eigenvalue weighted by Crippen LogP contribution is -2.36. The first kappa shape index (κ1) is 24.9. The van der Waals surface area contributed by atoms with Crippen molar-refractivity contribution in [2.75, 3.05) is 31.0 Å². The number of hydrogen-bond acceptors (Lipinski definition) is 8. The number of rotatable bonds is 6. The minimum absolute atomic E-state index is 0. The zero-order valence-electron chi connectivity index (χ0n) is 19.9. The molecule has 194 valence electrons. The molecule has 1 saturated heterocycles. The van der Waals surface area contributed by atoms with Crippen molar-refractivity contribution in [2.24, 2.45) is 0 Å². The number of fused-ring (bicyclic) bond motifs is 1. The van der Waals surface area contributed by atoms with Crippen molar-refractivity contribution >= 4 is 34.4 Å². The highest BCUT2D eigenvalue weighted by molar-refractivity contribution is 5.77. The number of ether oxygens (including phenoxy) is 3. The van der Waals surface area contributed by atoms with Crippen LogP contribution in [0.5, 0.6) is 5.75 Å². The topological polar surface area (TPSA) is 95.4 Å². The fourth-order valence-corrected chi connectivity index (χ4v) is 4.96. The molecule has 0 bridgehead atoms. The average molecular weight is 507 g/mol. The van der Waals surface area contributed by atoms with Gasteiger partial charge in [0.1, 0.15) is 17.1 Å². The third-order valence-corrected chi connectivity index (χ3v) is 6.79. The van der Waals surface area contributed by atoms with E-state index in [0.29, 0.717) is 42.0 Å². The van der Waals surface area contributed by atoms with Gasteiger partial charge in [0.15, 0.2) is 11.4 Å². The van der Waals surface area contributed by atoms with Crippen LogP contribution in [0.1, 0.15) is 39.2 Å². The number of nitrogens with one attached hydrogen (secondary N) is 2. The van der Waals surface area contributed by atoms with Crippen LogP contribution in [0.4, 0.5) is 27.7 Å². The molecule has 0 amide bonds. The monoisotopic (exact) mass is 506 g/mol. The molecule has 0 unspecified atom stereocenters. The largest absolute Gasteiger partial charge is 0.497 e. The van der Waals surface area contributed by atoms with Crippen LogP contribution >= 0.6 is 0 Å². The number of hydrogen-bond donors (Lipinski definition) is 2. The zero-order chi connectivity index (χ0) is 24.5. The molecule has 2 aliphatic rings. The maximum absolute atomic E-state index is 14.5. The Morgan fingerprint density at radius 3 is 2.43 bits per heavy atom. The Bertz CT molecular complexity index is 1360. The van der Waals surface area contributed by atoms with Gasteiger partial charge in [0.05, 0.1) is 32.2 Å². The van der Waals surface area contributed by atoms with Crippen molar-refractivity contribution in [3.05, 3.63) is 60.5 Å². The number of methoxy groups -OCH3 is 1. The van der Waals surface area contributed by atoms with E-state index in [1.165, 1.54) is 6.07 Å². The van der Waals surface area contributed by atoms with E-state index in [1.807, 2.05) is 24.3 Å². The molecule has 10 heteroatoms. The van der Waals surface area contributed by atoms with Gasteiger partial charge in [-0.15, -0.1) is 0 Å². The molecule has 1 spiro atoms. The van der Waals surface area contributed by atoms with Crippen LogP contribution in [0.3, 0.4) is 0 Å². The highest BCUT2D eigenvalue weighted by atomic mass is 19.1. The molecule has 2 aromatic carbocycles. The molecule has 3 heterocycles. The maximum atomic E-state index is 14.5. The molecule has 0 radical (unpaired) electrons. The minimum Gasteiger partial charge on any atom is -0.497 e. The van der Waals surface area contributed by atoms with E-state index in [1.54, 1.807) is 31.5 Å². The Balaban J connectivity index is 0.00000280. The van der Waals surface area contributed by atoms with Crippen LogP contribution in [-0.2, 0) is 9.47 Å². The third-order valence-electron chi connectivity index (χ3n) is 6.79. The molecule has 0 atom stereocenters. The van der Waals surface area contributed by atoms with Crippen LogP contribution in [-0.4, -0.2) is 45.6 Å². The van der Waals surface area contributed by atoms with Gasteiger partial charge < -0.3 is 24.8 Å². The summed E-state index contributed by atoms with van der Waals surface area (Å²) in [6.45, 7) is 1.26. The van der Waals surface area contributed by atoms with Gasteiger partial charge in [-0.1, -0.05) is 19.6 Å². The van der Waals surface area contributed by atoms with Crippen molar-refractivity contribution in [3.63, 3.8) is 0 Å². The number of imidazole rings is 1. The van der Waals surface area contributed by atoms with Crippen molar-refractivity contribution in [2.45, 2.75) is 44.9 Å². The molecule has 2 aromatic heterocycles. The highest BCUT2D eigenvalue weighted by Crippen LogP contribution is 2.42. The van der Waals surface area contributed by atoms with E-state index in [9.17, 15) is 4.39 Å².